The lowest BCUT2D eigenvalue weighted by Gasteiger charge is -2.09. The number of nitrogens with one attached hydrogen (secondary N) is 1. The number of aliphatic hydroxyl groups is 1. The van der Waals surface area contributed by atoms with Crippen molar-refractivity contribution in [3.63, 3.8) is 0 Å². The Bertz CT molecular complexity index is 639. The molecule has 0 fully saturated rings. The lowest BCUT2D eigenvalue weighted by atomic mass is 10.3. The molecule has 10 heteroatoms. The molecule has 108 valence electrons. The van der Waals surface area contributed by atoms with Crippen LogP contribution in [0.4, 0.5) is 19.0 Å². The number of fused-ring (bicyclic) bond motifs is 1. The molecule has 7 nitrogen and oxygen atoms in total. The van der Waals surface area contributed by atoms with Crippen LogP contribution in [0.2, 0.25) is 0 Å². The molecule has 0 spiro atoms. The Morgan fingerprint density at radius 1 is 1.55 bits per heavy atom. The number of amides is 1. The first-order valence-corrected chi connectivity index (χ1v) is 5.42. The average molecular weight is 289 g/mol. The highest BCUT2D eigenvalue weighted by Gasteiger charge is 2.34. The molecule has 2 heterocycles. The molecular formula is C10H10F3N5O2. The van der Waals surface area contributed by atoms with Crippen LogP contribution in [0, 0.1) is 0 Å². The van der Waals surface area contributed by atoms with Gasteiger partial charge in [0.1, 0.15) is 11.6 Å². The SMILES string of the molecule is NC(=O)C(O)CNc1nccn2nc(C(F)(F)F)cc12. The molecule has 0 radical (unpaired) electrons. The molecule has 0 aliphatic carbocycles. The van der Waals surface area contributed by atoms with Crippen LogP contribution in [-0.4, -0.2) is 38.3 Å². The fraction of sp³-hybridized carbons (Fsp3) is 0.300. The molecule has 2 rings (SSSR count). The fourth-order valence-electron chi connectivity index (χ4n) is 1.49. The standard InChI is InChI=1S/C10H10F3N5O2/c11-10(12,13)7-3-5-9(15-1-2-18(5)17-7)16-4-6(19)8(14)20/h1-3,6,19H,4H2,(H2,14,20)(H,15,16). The smallest absolute Gasteiger partial charge is 0.381 e. The Hall–Kier alpha value is -2.36. The maximum absolute atomic E-state index is 12.6. The zero-order valence-corrected chi connectivity index (χ0v) is 9.92. The summed E-state index contributed by atoms with van der Waals surface area (Å²) in [5.74, 6) is -0.898. The van der Waals surface area contributed by atoms with Crippen LogP contribution in [0.5, 0.6) is 0 Å². The van der Waals surface area contributed by atoms with Crippen molar-refractivity contribution in [3.05, 3.63) is 24.2 Å². The third kappa shape index (κ3) is 2.79. The number of hydrogen-bond donors (Lipinski definition) is 3. The molecule has 20 heavy (non-hydrogen) atoms. The number of halogens is 3. The second kappa shape index (κ2) is 4.96. The first-order chi connectivity index (χ1) is 9.29. The Morgan fingerprint density at radius 3 is 2.85 bits per heavy atom. The van der Waals surface area contributed by atoms with E-state index in [1.165, 1.54) is 12.4 Å². The van der Waals surface area contributed by atoms with E-state index in [0.29, 0.717) is 0 Å². The van der Waals surface area contributed by atoms with Crippen LogP contribution in [-0.2, 0) is 11.0 Å². The summed E-state index contributed by atoms with van der Waals surface area (Å²) in [5, 5.41) is 15.1. The number of primary amides is 1. The van der Waals surface area contributed by atoms with Gasteiger partial charge < -0.3 is 16.2 Å². The van der Waals surface area contributed by atoms with Crippen molar-refractivity contribution in [2.24, 2.45) is 5.73 Å². The van der Waals surface area contributed by atoms with Gasteiger partial charge >= 0.3 is 6.18 Å². The third-order valence-corrected chi connectivity index (χ3v) is 2.47. The second-order valence-corrected chi connectivity index (χ2v) is 3.93. The average Bonchev–Trinajstić information content (AvgIpc) is 2.79. The maximum Gasteiger partial charge on any atom is 0.435 e. The van der Waals surface area contributed by atoms with Crippen molar-refractivity contribution < 1.29 is 23.1 Å². The number of carbonyl (C=O) groups is 1. The molecule has 0 aliphatic rings. The van der Waals surface area contributed by atoms with E-state index in [0.717, 1.165) is 10.6 Å². The van der Waals surface area contributed by atoms with Crippen LogP contribution in [0.3, 0.4) is 0 Å². The number of nitrogens with zero attached hydrogens (tertiary/aromatic N) is 3. The van der Waals surface area contributed by atoms with Gasteiger partial charge in [0.15, 0.2) is 11.5 Å². The van der Waals surface area contributed by atoms with Crippen molar-refractivity contribution >= 4 is 17.2 Å². The summed E-state index contributed by atoms with van der Waals surface area (Å²) in [5.41, 5.74) is 3.86. The Labute approximate surface area is 110 Å². The van der Waals surface area contributed by atoms with Crippen molar-refractivity contribution in [3.8, 4) is 0 Å². The van der Waals surface area contributed by atoms with Gasteiger partial charge in [-0.15, -0.1) is 0 Å². The summed E-state index contributed by atoms with van der Waals surface area (Å²) in [6.07, 6.45) is -3.56. The third-order valence-electron chi connectivity index (χ3n) is 2.47. The molecule has 2 aromatic rings. The zero-order valence-electron chi connectivity index (χ0n) is 9.92. The maximum atomic E-state index is 12.6. The largest absolute Gasteiger partial charge is 0.435 e. The van der Waals surface area contributed by atoms with Crippen molar-refractivity contribution in [2.45, 2.75) is 12.3 Å². The summed E-state index contributed by atoms with van der Waals surface area (Å²) in [6, 6.07) is 0.811. The zero-order chi connectivity index (χ0) is 14.9. The van der Waals surface area contributed by atoms with Crippen molar-refractivity contribution in [1.29, 1.82) is 0 Å². The van der Waals surface area contributed by atoms with E-state index in [4.69, 9.17) is 5.73 Å². The molecule has 1 atom stereocenters. The quantitative estimate of drug-likeness (QED) is 0.735. The van der Waals surface area contributed by atoms with E-state index < -0.39 is 23.9 Å². The van der Waals surface area contributed by atoms with Crippen LogP contribution in [0.15, 0.2) is 18.5 Å². The van der Waals surface area contributed by atoms with Crippen molar-refractivity contribution in [2.75, 3.05) is 11.9 Å². The van der Waals surface area contributed by atoms with E-state index >= 15 is 0 Å². The molecule has 0 saturated carbocycles. The normalized spacial score (nSPS) is 13.4. The predicted octanol–water partition coefficient (Wildman–Crippen LogP) is 0.00620. The minimum absolute atomic E-state index is 0.0517. The van der Waals surface area contributed by atoms with Crippen LogP contribution < -0.4 is 11.1 Å². The summed E-state index contributed by atoms with van der Waals surface area (Å²) in [7, 11) is 0. The lowest BCUT2D eigenvalue weighted by molar-refractivity contribution is -0.141. The van der Waals surface area contributed by atoms with E-state index in [1.807, 2.05) is 0 Å². The van der Waals surface area contributed by atoms with Crippen molar-refractivity contribution in [1.82, 2.24) is 14.6 Å². The van der Waals surface area contributed by atoms with Gasteiger partial charge in [-0.1, -0.05) is 0 Å². The van der Waals surface area contributed by atoms with Gasteiger partial charge in [-0.25, -0.2) is 9.50 Å². The first-order valence-electron chi connectivity index (χ1n) is 5.42. The molecular weight excluding hydrogens is 279 g/mol. The molecule has 0 saturated heterocycles. The van der Waals surface area contributed by atoms with Gasteiger partial charge in [-0.05, 0) is 0 Å². The van der Waals surface area contributed by atoms with E-state index in [1.54, 1.807) is 0 Å². The molecule has 4 N–H and O–H groups in total. The first kappa shape index (κ1) is 14.1. The Kier molecular flexibility index (Phi) is 3.49. The minimum atomic E-state index is -4.57. The molecule has 0 bridgehead atoms. The molecule has 0 aromatic carbocycles. The van der Waals surface area contributed by atoms with Crippen LogP contribution in [0.25, 0.3) is 5.52 Å². The Morgan fingerprint density at radius 2 is 2.25 bits per heavy atom. The second-order valence-electron chi connectivity index (χ2n) is 3.93. The summed E-state index contributed by atoms with van der Waals surface area (Å²) in [6.45, 7) is -0.269. The number of hydrogen-bond acceptors (Lipinski definition) is 5. The summed E-state index contributed by atoms with van der Waals surface area (Å²) >= 11 is 0. The minimum Gasteiger partial charge on any atom is -0.381 e. The molecule has 0 aliphatic heterocycles. The number of carbonyl (C=O) groups excluding carboxylic acids is 1. The highest BCUT2D eigenvalue weighted by Crippen LogP contribution is 2.29. The number of alkyl halides is 3. The van der Waals surface area contributed by atoms with E-state index in [9.17, 15) is 23.1 Å². The Balaban J connectivity index is 2.30. The lowest BCUT2D eigenvalue weighted by Crippen LogP contribution is -2.34. The van der Waals surface area contributed by atoms with Gasteiger partial charge in [-0.2, -0.15) is 18.3 Å². The van der Waals surface area contributed by atoms with E-state index in [2.05, 4.69) is 15.4 Å². The number of anilines is 1. The highest BCUT2D eigenvalue weighted by atomic mass is 19.4. The van der Waals surface area contributed by atoms with Gasteiger partial charge in [-0.3, -0.25) is 4.79 Å². The predicted molar refractivity (Wildman–Crippen MR) is 61.7 cm³/mol. The van der Waals surface area contributed by atoms with Gasteiger partial charge in [0, 0.05) is 18.5 Å². The van der Waals surface area contributed by atoms with Crippen LogP contribution >= 0.6 is 0 Å². The van der Waals surface area contributed by atoms with Gasteiger partial charge in [0.25, 0.3) is 0 Å². The summed E-state index contributed by atoms with van der Waals surface area (Å²) < 4.78 is 38.7. The van der Waals surface area contributed by atoms with Crippen LogP contribution in [0.1, 0.15) is 5.69 Å². The topological polar surface area (TPSA) is 106 Å². The monoisotopic (exact) mass is 289 g/mol. The molecule has 1 amide bonds. The van der Waals surface area contributed by atoms with E-state index in [-0.39, 0.29) is 17.9 Å². The van der Waals surface area contributed by atoms with Gasteiger partial charge in [0.05, 0.1) is 6.54 Å². The number of rotatable bonds is 4. The molecule has 1 unspecified atom stereocenters. The highest BCUT2D eigenvalue weighted by molar-refractivity contribution is 5.79. The summed E-state index contributed by atoms with van der Waals surface area (Å²) in [4.78, 5) is 14.5. The molecule has 2 aromatic heterocycles. The van der Waals surface area contributed by atoms with Gasteiger partial charge in [0.2, 0.25) is 5.91 Å². The number of aromatic nitrogens is 3. The number of nitrogens with two attached hydrogens (primary N) is 1. The fourth-order valence-corrected chi connectivity index (χ4v) is 1.49. The number of aliphatic hydroxyl groups excluding tert-OH is 1.